The Kier molecular flexibility index (Phi) is 3.99. The summed E-state index contributed by atoms with van der Waals surface area (Å²) >= 11 is 1.67. The standard InChI is InChI=1S/C15H21N3S/c1-2-16-15-6-4-3-5-12-7-18(9-14(12)15)8-13-10-19-11-17-13/h7,9-11,15-16H,2-6,8H2,1H3. The summed E-state index contributed by atoms with van der Waals surface area (Å²) in [4.78, 5) is 4.37. The van der Waals surface area contributed by atoms with Gasteiger partial charge < -0.3 is 9.88 Å². The third-order valence-electron chi connectivity index (χ3n) is 3.84. The van der Waals surface area contributed by atoms with Gasteiger partial charge in [-0.05, 0) is 36.9 Å². The molecule has 0 radical (unpaired) electrons. The minimum absolute atomic E-state index is 0.541. The van der Waals surface area contributed by atoms with Crippen molar-refractivity contribution in [2.45, 2.75) is 45.2 Å². The lowest BCUT2D eigenvalue weighted by Crippen LogP contribution is -2.20. The van der Waals surface area contributed by atoms with E-state index in [1.807, 2.05) is 5.51 Å². The van der Waals surface area contributed by atoms with Crippen molar-refractivity contribution in [1.82, 2.24) is 14.9 Å². The third-order valence-corrected chi connectivity index (χ3v) is 4.48. The van der Waals surface area contributed by atoms with Gasteiger partial charge >= 0.3 is 0 Å². The normalized spacial score (nSPS) is 19.1. The maximum absolute atomic E-state index is 4.37. The molecule has 1 aliphatic rings. The SMILES string of the molecule is CCNC1CCCCc2cn(Cc3cscn3)cc21. The zero-order valence-electron chi connectivity index (χ0n) is 11.4. The minimum atomic E-state index is 0.541. The van der Waals surface area contributed by atoms with Crippen LogP contribution in [0.25, 0.3) is 0 Å². The Labute approximate surface area is 118 Å². The van der Waals surface area contributed by atoms with Gasteiger partial charge in [0.15, 0.2) is 0 Å². The maximum Gasteiger partial charge on any atom is 0.0795 e. The van der Waals surface area contributed by atoms with Gasteiger partial charge in [0, 0.05) is 23.8 Å². The van der Waals surface area contributed by atoms with Gasteiger partial charge in [-0.3, -0.25) is 0 Å². The second kappa shape index (κ2) is 5.88. The van der Waals surface area contributed by atoms with Crippen molar-refractivity contribution < 1.29 is 0 Å². The molecule has 3 nitrogen and oxygen atoms in total. The molecular formula is C15H21N3S. The number of aryl methyl sites for hydroxylation is 1. The average Bonchev–Trinajstić information content (AvgIpc) is 3.00. The van der Waals surface area contributed by atoms with Crippen LogP contribution in [0, 0.1) is 0 Å². The molecule has 0 saturated carbocycles. The van der Waals surface area contributed by atoms with Crippen molar-refractivity contribution in [3.8, 4) is 0 Å². The summed E-state index contributed by atoms with van der Waals surface area (Å²) in [5.74, 6) is 0. The Morgan fingerprint density at radius 1 is 1.42 bits per heavy atom. The Morgan fingerprint density at radius 3 is 3.16 bits per heavy atom. The van der Waals surface area contributed by atoms with Crippen LogP contribution < -0.4 is 5.32 Å². The molecule has 2 heterocycles. The molecule has 3 rings (SSSR count). The molecule has 1 atom stereocenters. The number of rotatable bonds is 4. The summed E-state index contributed by atoms with van der Waals surface area (Å²) in [6.45, 7) is 4.13. The predicted octanol–water partition coefficient (Wildman–Crippen LogP) is 3.37. The lowest BCUT2D eigenvalue weighted by Gasteiger charge is -2.15. The van der Waals surface area contributed by atoms with Crippen LogP contribution in [0.5, 0.6) is 0 Å². The summed E-state index contributed by atoms with van der Waals surface area (Å²) in [6.07, 6.45) is 9.79. The van der Waals surface area contributed by atoms with Crippen LogP contribution in [-0.4, -0.2) is 16.1 Å². The van der Waals surface area contributed by atoms with Crippen molar-refractivity contribution in [2.24, 2.45) is 0 Å². The highest BCUT2D eigenvalue weighted by Crippen LogP contribution is 2.29. The van der Waals surface area contributed by atoms with Gasteiger partial charge in [0.1, 0.15) is 0 Å². The fourth-order valence-corrected chi connectivity index (χ4v) is 3.52. The molecule has 1 unspecified atom stereocenters. The summed E-state index contributed by atoms with van der Waals surface area (Å²) in [6, 6.07) is 0.541. The van der Waals surface area contributed by atoms with Crippen LogP contribution in [0.15, 0.2) is 23.3 Å². The molecule has 0 bridgehead atoms. The highest BCUT2D eigenvalue weighted by atomic mass is 32.1. The Bertz CT molecular complexity index is 515. The molecule has 0 saturated heterocycles. The molecule has 0 fully saturated rings. The molecule has 0 spiro atoms. The number of thiazole rings is 1. The maximum atomic E-state index is 4.37. The van der Waals surface area contributed by atoms with Gasteiger partial charge in [0.25, 0.3) is 0 Å². The van der Waals surface area contributed by atoms with Crippen molar-refractivity contribution in [3.05, 3.63) is 40.1 Å². The van der Waals surface area contributed by atoms with Crippen LogP contribution in [0.1, 0.15) is 49.0 Å². The predicted molar refractivity (Wildman–Crippen MR) is 79.6 cm³/mol. The minimum Gasteiger partial charge on any atom is -0.348 e. The summed E-state index contributed by atoms with van der Waals surface area (Å²) in [5, 5.41) is 5.76. The number of hydrogen-bond donors (Lipinski definition) is 1. The van der Waals surface area contributed by atoms with E-state index in [1.54, 1.807) is 11.3 Å². The molecule has 102 valence electrons. The largest absolute Gasteiger partial charge is 0.348 e. The van der Waals surface area contributed by atoms with Crippen LogP contribution in [0.4, 0.5) is 0 Å². The molecule has 0 aromatic carbocycles. The topological polar surface area (TPSA) is 29.9 Å². The van der Waals surface area contributed by atoms with Gasteiger partial charge in [-0.25, -0.2) is 4.98 Å². The van der Waals surface area contributed by atoms with E-state index in [4.69, 9.17) is 0 Å². The van der Waals surface area contributed by atoms with Gasteiger partial charge in [-0.2, -0.15) is 0 Å². The van der Waals surface area contributed by atoms with E-state index in [2.05, 4.69) is 39.6 Å². The first-order chi connectivity index (χ1) is 9.36. The molecule has 1 aliphatic carbocycles. The van der Waals surface area contributed by atoms with E-state index in [0.29, 0.717) is 6.04 Å². The Hall–Kier alpha value is -1.13. The Balaban J connectivity index is 1.83. The molecule has 1 N–H and O–H groups in total. The third kappa shape index (κ3) is 2.90. The van der Waals surface area contributed by atoms with Crippen LogP contribution >= 0.6 is 11.3 Å². The van der Waals surface area contributed by atoms with E-state index >= 15 is 0 Å². The number of fused-ring (bicyclic) bond motifs is 1. The van der Waals surface area contributed by atoms with E-state index in [0.717, 1.165) is 18.8 Å². The second-order valence-electron chi connectivity index (χ2n) is 5.25. The fraction of sp³-hybridized carbons (Fsp3) is 0.533. The van der Waals surface area contributed by atoms with Gasteiger partial charge in [-0.15, -0.1) is 11.3 Å². The molecular weight excluding hydrogens is 254 g/mol. The molecule has 0 aliphatic heterocycles. The van der Waals surface area contributed by atoms with Crippen LogP contribution in [-0.2, 0) is 13.0 Å². The van der Waals surface area contributed by atoms with Crippen molar-refractivity contribution in [1.29, 1.82) is 0 Å². The Morgan fingerprint density at radius 2 is 2.37 bits per heavy atom. The van der Waals surface area contributed by atoms with Crippen molar-refractivity contribution >= 4 is 11.3 Å². The van der Waals surface area contributed by atoms with Gasteiger partial charge in [-0.1, -0.05) is 13.3 Å². The summed E-state index contributed by atoms with van der Waals surface area (Å²) in [7, 11) is 0. The number of nitrogens with one attached hydrogen (secondary N) is 1. The first-order valence-electron chi connectivity index (χ1n) is 7.16. The van der Waals surface area contributed by atoms with E-state index in [9.17, 15) is 0 Å². The summed E-state index contributed by atoms with van der Waals surface area (Å²) in [5.41, 5.74) is 6.11. The monoisotopic (exact) mass is 275 g/mol. The zero-order chi connectivity index (χ0) is 13.1. The van der Waals surface area contributed by atoms with Crippen LogP contribution in [0.3, 0.4) is 0 Å². The lowest BCUT2D eigenvalue weighted by atomic mass is 10.0. The zero-order valence-corrected chi connectivity index (χ0v) is 12.2. The molecule has 0 amide bonds. The van der Waals surface area contributed by atoms with Crippen molar-refractivity contribution in [2.75, 3.05) is 6.54 Å². The smallest absolute Gasteiger partial charge is 0.0795 e. The first-order valence-corrected chi connectivity index (χ1v) is 8.10. The van der Waals surface area contributed by atoms with E-state index in [-0.39, 0.29) is 0 Å². The quantitative estimate of drug-likeness (QED) is 0.867. The second-order valence-corrected chi connectivity index (χ2v) is 5.97. The lowest BCUT2D eigenvalue weighted by molar-refractivity contribution is 0.502. The van der Waals surface area contributed by atoms with E-state index in [1.165, 1.54) is 36.8 Å². The van der Waals surface area contributed by atoms with Gasteiger partial charge in [0.2, 0.25) is 0 Å². The van der Waals surface area contributed by atoms with Gasteiger partial charge in [0.05, 0.1) is 17.7 Å². The van der Waals surface area contributed by atoms with E-state index < -0.39 is 0 Å². The molecule has 2 aromatic rings. The molecule has 4 heteroatoms. The number of nitrogens with zero attached hydrogens (tertiary/aromatic N) is 2. The highest BCUT2D eigenvalue weighted by molar-refractivity contribution is 7.07. The molecule has 19 heavy (non-hydrogen) atoms. The number of hydrogen-bond acceptors (Lipinski definition) is 3. The highest BCUT2D eigenvalue weighted by Gasteiger charge is 2.19. The average molecular weight is 275 g/mol. The fourth-order valence-electron chi connectivity index (χ4n) is 2.97. The van der Waals surface area contributed by atoms with Crippen molar-refractivity contribution in [3.63, 3.8) is 0 Å². The first kappa shape index (κ1) is 12.9. The van der Waals surface area contributed by atoms with Crippen LogP contribution in [0.2, 0.25) is 0 Å². The number of aromatic nitrogens is 2. The molecule has 2 aromatic heterocycles. The summed E-state index contributed by atoms with van der Waals surface area (Å²) < 4.78 is 2.30.